The number of fused-ring (bicyclic) bond motifs is 1. The van der Waals surface area contributed by atoms with E-state index < -0.39 is 5.60 Å². The van der Waals surface area contributed by atoms with Crippen molar-refractivity contribution < 1.29 is 9.84 Å². The highest BCUT2D eigenvalue weighted by Crippen LogP contribution is 2.37. The molecule has 1 aliphatic heterocycles. The van der Waals surface area contributed by atoms with Gasteiger partial charge in [0.05, 0.1) is 30.4 Å². The van der Waals surface area contributed by atoms with Crippen LogP contribution in [0.4, 0.5) is 5.82 Å². The molecule has 3 aromatic rings. The third-order valence-electron chi connectivity index (χ3n) is 8.48. The number of aliphatic hydroxyl groups is 1. The fourth-order valence-electron chi connectivity index (χ4n) is 6.57. The summed E-state index contributed by atoms with van der Waals surface area (Å²) in [5, 5.41) is 11.3. The van der Waals surface area contributed by atoms with Crippen LogP contribution >= 0.6 is 0 Å². The average molecular weight is 572 g/mol. The van der Waals surface area contributed by atoms with Crippen molar-refractivity contribution in [1.29, 1.82) is 0 Å². The van der Waals surface area contributed by atoms with E-state index in [-0.39, 0.29) is 11.6 Å². The van der Waals surface area contributed by atoms with Crippen LogP contribution in [-0.4, -0.2) is 69.5 Å². The van der Waals surface area contributed by atoms with Gasteiger partial charge >= 0.3 is 0 Å². The van der Waals surface area contributed by atoms with Crippen LogP contribution in [0.25, 0.3) is 27.6 Å². The number of pyridine rings is 1. The second-order valence-electron chi connectivity index (χ2n) is 12.7. The van der Waals surface area contributed by atoms with Crippen molar-refractivity contribution in [2.45, 2.75) is 64.5 Å². The zero-order valence-electron chi connectivity index (χ0n) is 25.8. The molecule has 1 atom stereocenters. The maximum Gasteiger partial charge on any atom is 0.253 e. The molecule has 3 heterocycles. The second kappa shape index (κ2) is 12.4. The average Bonchev–Trinajstić information content (AvgIpc) is 2.97. The van der Waals surface area contributed by atoms with Gasteiger partial charge in [-0.25, -0.2) is 9.97 Å². The third-order valence-corrected chi connectivity index (χ3v) is 8.48. The van der Waals surface area contributed by atoms with Gasteiger partial charge in [0.2, 0.25) is 0 Å². The molecule has 2 aliphatic rings. The largest absolute Gasteiger partial charge is 0.389 e. The van der Waals surface area contributed by atoms with Gasteiger partial charge in [-0.2, -0.15) is 0 Å². The van der Waals surface area contributed by atoms with Gasteiger partial charge in [0.15, 0.2) is 5.82 Å². The van der Waals surface area contributed by atoms with Crippen LogP contribution in [0.3, 0.4) is 0 Å². The van der Waals surface area contributed by atoms with Gasteiger partial charge in [-0.05, 0) is 68.9 Å². The Bertz CT molecular complexity index is 1500. The van der Waals surface area contributed by atoms with Gasteiger partial charge in [0, 0.05) is 56.1 Å². The molecular formula is C34H45N5O3. The Labute approximate surface area is 249 Å². The smallest absolute Gasteiger partial charge is 0.253 e. The van der Waals surface area contributed by atoms with Crippen molar-refractivity contribution >= 4 is 22.3 Å². The van der Waals surface area contributed by atoms with Crippen LogP contribution in [0.5, 0.6) is 0 Å². The lowest BCUT2D eigenvalue weighted by molar-refractivity contribution is 0.0570. The zero-order valence-corrected chi connectivity index (χ0v) is 25.8. The van der Waals surface area contributed by atoms with E-state index >= 15 is 0 Å². The normalized spacial score (nSPS) is 18.9. The lowest BCUT2D eigenvalue weighted by Crippen LogP contribution is -2.50. The molecule has 42 heavy (non-hydrogen) atoms. The number of hydrogen-bond donors (Lipinski definition) is 1. The van der Waals surface area contributed by atoms with E-state index in [1.807, 2.05) is 37.3 Å². The molecule has 8 heteroatoms. The van der Waals surface area contributed by atoms with Gasteiger partial charge in [-0.3, -0.25) is 4.79 Å². The highest BCUT2D eigenvalue weighted by Gasteiger charge is 2.33. The van der Waals surface area contributed by atoms with Crippen molar-refractivity contribution in [3.05, 3.63) is 71.1 Å². The Balaban J connectivity index is 1.67. The van der Waals surface area contributed by atoms with E-state index in [1.165, 1.54) is 32.1 Å². The van der Waals surface area contributed by atoms with Gasteiger partial charge in [-0.15, -0.1) is 0 Å². The summed E-state index contributed by atoms with van der Waals surface area (Å²) in [4.78, 5) is 27.1. The number of ether oxygens (including phenoxy) is 1. The molecular weight excluding hydrogens is 526 g/mol. The summed E-state index contributed by atoms with van der Waals surface area (Å²) < 4.78 is 7.69. The van der Waals surface area contributed by atoms with Crippen LogP contribution in [0.15, 0.2) is 54.1 Å². The van der Waals surface area contributed by atoms with E-state index in [2.05, 4.69) is 29.7 Å². The van der Waals surface area contributed by atoms with Crippen LogP contribution in [0, 0.1) is 12.8 Å². The highest BCUT2D eigenvalue weighted by molar-refractivity contribution is 5.94. The first kappa shape index (κ1) is 30.0. The van der Waals surface area contributed by atoms with E-state index in [0.717, 1.165) is 40.0 Å². The molecule has 1 aromatic carbocycles. The number of nitrogens with zero attached hydrogens (tertiary/aromatic N) is 5. The lowest BCUT2D eigenvalue weighted by atomic mass is 9.83. The van der Waals surface area contributed by atoms with Crippen LogP contribution in [0.1, 0.15) is 57.3 Å². The van der Waals surface area contributed by atoms with E-state index in [9.17, 15) is 9.90 Å². The number of hydrogen-bond acceptors (Lipinski definition) is 7. The van der Waals surface area contributed by atoms with Gasteiger partial charge in [0.1, 0.15) is 5.82 Å². The number of morpholine rings is 1. The number of rotatable bonds is 8. The molecule has 2 aromatic heterocycles. The van der Waals surface area contributed by atoms with Crippen LogP contribution < -0.4 is 10.5 Å². The molecule has 8 nitrogen and oxygen atoms in total. The summed E-state index contributed by atoms with van der Waals surface area (Å²) in [6, 6.07) is 8.49. The minimum atomic E-state index is -0.844. The van der Waals surface area contributed by atoms with Crippen molar-refractivity contribution in [2.75, 3.05) is 38.3 Å². The minimum absolute atomic E-state index is 0.00939. The Hall–Kier alpha value is -3.49. The van der Waals surface area contributed by atoms with Crippen molar-refractivity contribution in [3.8, 4) is 11.1 Å². The minimum Gasteiger partial charge on any atom is -0.389 e. The summed E-state index contributed by atoms with van der Waals surface area (Å²) in [5.74, 6) is 2.08. The molecule has 0 amide bonds. The molecule has 1 unspecified atom stereocenters. The van der Waals surface area contributed by atoms with Crippen molar-refractivity contribution in [2.24, 2.45) is 13.0 Å². The predicted molar refractivity (Wildman–Crippen MR) is 171 cm³/mol. The summed E-state index contributed by atoms with van der Waals surface area (Å²) in [6.07, 6.45) is 11.9. The molecule has 1 aliphatic carbocycles. The lowest BCUT2D eigenvalue weighted by Gasteiger charge is -2.42. The number of anilines is 1. The first-order valence-corrected chi connectivity index (χ1v) is 15.1. The van der Waals surface area contributed by atoms with Gasteiger partial charge in [0.25, 0.3) is 5.56 Å². The maximum absolute atomic E-state index is 12.4. The summed E-state index contributed by atoms with van der Waals surface area (Å²) >= 11 is 0. The number of allylic oxidation sites excluding steroid dienone is 2. The molecule has 2 fully saturated rings. The molecule has 1 N–H and O–H groups in total. The number of aromatic nitrogens is 3. The Morgan fingerprint density at radius 1 is 1.19 bits per heavy atom. The second-order valence-corrected chi connectivity index (χ2v) is 12.7. The maximum atomic E-state index is 12.4. The highest BCUT2D eigenvalue weighted by atomic mass is 16.5. The monoisotopic (exact) mass is 571 g/mol. The molecule has 1 saturated carbocycles. The van der Waals surface area contributed by atoms with E-state index in [4.69, 9.17) is 14.7 Å². The van der Waals surface area contributed by atoms with Crippen LogP contribution in [0.2, 0.25) is 0 Å². The Morgan fingerprint density at radius 2 is 1.95 bits per heavy atom. The summed E-state index contributed by atoms with van der Waals surface area (Å²) in [5.41, 5.74) is 3.53. The first-order valence-electron chi connectivity index (χ1n) is 15.1. The Morgan fingerprint density at radius 3 is 2.64 bits per heavy atom. The fraction of sp³-hybridized carbons (Fsp3) is 0.500. The summed E-state index contributed by atoms with van der Waals surface area (Å²) in [6.45, 7) is 12.1. The van der Waals surface area contributed by atoms with Crippen molar-refractivity contribution in [3.63, 3.8) is 0 Å². The number of likely N-dealkylation sites (N-methyl/N-ethyl adjacent to an activating group) is 1. The van der Waals surface area contributed by atoms with Gasteiger partial charge < -0.3 is 24.2 Å². The quantitative estimate of drug-likeness (QED) is 0.367. The molecule has 1 saturated heterocycles. The first-order chi connectivity index (χ1) is 20.0. The van der Waals surface area contributed by atoms with Crippen LogP contribution in [-0.2, 0) is 11.8 Å². The number of benzene rings is 1. The van der Waals surface area contributed by atoms with E-state index in [1.54, 1.807) is 31.5 Å². The number of aryl methyl sites for hydroxylation is 2. The third kappa shape index (κ3) is 6.60. The molecule has 224 valence electrons. The zero-order chi connectivity index (χ0) is 30.0. The molecule has 5 rings (SSSR count). The topological polar surface area (TPSA) is 83.7 Å². The molecule has 0 bridgehead atoms. The SMILES string of the molecule is C=C/C(=C\N(C)CC(C)(C)O)c1nc(N2CCOCC2C2CCCCC2)c2cc(-c3cc(C)c(=O)n(C)c3)ccc2n1. The fourth-order valence-corrected chi connectivity index (χ4v) is 6.57. The van der Waals surface area contributed by atoms with E-state index in [0.29, 0.717) is 37.1 Å². The van der Waals surface area contributed by atoms with Gasteiger partial charge in [-0.1, -0.05) is 38.0 Å². The standard InChI is InChI=1S/C34H45N5O3/c1-7-24(19-37(5)22-34(3,4)41)31-35-29-14-13-26(27-17-23(2)33(40)38(6)20-27)18-28(29)32(36-31)39-15-16-42-21-30(39)25-11-9-8-10-12-25/h7,13-14,17-20,25,30,41H,1,8-12,15-16,21-22H2,2-6H3/b24-19+. The summed E-state index contributed by atoms with van der Waals surface area (Å²) in [7, 11) is 3.73. The molecule has 0 radical (unpaired) electrons. The Kier molecular flexibility index (Phi) is 8.85. The molecule has 0 spiro atoms. The van der Waals surface area contributed by atoms with Crippen molar-refractivity contribution in [1.82, 2.24) is 19.4 Å². The predicted octanol–water partition coefficient (Wildman–Crippen LogP) is 5.32.